The number of rotatable bonds is 4. The summed E-state index contributed by atoms with van der Waals surface area (Å²) in [6.07, 6.45) is 1.27. The molecule has 0 aliphatic carbocycles. The van der Waals surface area contributed by atoms with E-state index in [2.05, 4.69) is 31.2 Å². The van der Waals surface area contributed by atoms with Crippen LogP contribution in [0.4, 0.5) is 5.82 Å². The highest BCUT2D eigenvalue weighted by molar-refractivity contribution is 9.10. The number of anilines is 1. The summed E-state index contributed by atoms with van der Waals surface area (Å²) in [5.74, 6) is 1.50. The largest absolute Gasteiger partial charge is 0.385 e. The van der Waals surface area contributed by atoms with E-state index in [-0.39, 0.29) is 6.10 Å². The summed E-state index contributed by atoms with van der Waals surface area (Å²) in [6, 6.07) is 1.81. The van der Waals surface area contributed by atoms with Crippen LogP contribution >= 0.6 is 15.9 Å². The molecule has 6 heteroatoms. The van der Waals surface area contributed by atoms with Gasteiger partial charge in [-0.3, -0.25) is 0 Å². The van der Waals surface area contributed by atoms with Crippen molar-refractivity contribution in [2.45, 2.75) is 38.4 Å². The van der Waals surface area contributed by atoms with Gasteiger partial charge in [0.05, 0.1) is 6.10 Å². The van der Waals surface area contributed by atoms with Crippen LogP contribution in [0.3, 0.4) is 0 Å². The fourth-order valence-corrected chi connectivity index (χ4v) is 2.38. The van der Waals surface area contributed by atoms with Crippen LogP contribution in [-0.2, 0) is 11.2 Å². The zero-order chi connectivity index (χ0) is 13.2. The molecule has 0 spiro atoms. The minimum absolute atomic E-state index is 0.152. The van der Waals surface area contributed by atoms with Gasteiger partial charge in [-0.2, -0.15) is 0 Å². The lowest BCUT2D eigenvalue weighted by molar-refractivity contribution is -0.0176. The first-order chi connectivity index (χ1) is 8.53. The first kappa shape index (κ1) is 13.7. The number of hydrogen-bond donors (Lipinski definition) is 2. The summed E-state index contributed by atoms with van der Waals surface area (Å²) in [6.45, 7) is 4.93. The van der Waals surface area contributed by atoms with Gasteiger partial charge in [0.2, 0.25) is 0 Å². The topological polar surface area (TPSA) is 67.3 Å². The smallest absolute Gasteiger partial charge is 0.131 e. The molecule has 1 fully saturated rings. The summed E-state index contributed by atoms with van der Waals surface area (Å²) in [7, 11) is 0. The van der Waals surface area contributed by atoms with Gasteiger partial charge in [0.15, 0.2) is 0 Å². The summed E-state index contributed by atoms with van der Waals surface area (Å²) in [4.78, 5) is 8.61. The van der Waals surface area contributed by atoms with Crippen LogP contribution in [-0.4, -0.2) is 39.9 Å². The molecule has 1 aliphatic heterocycles. The lowest BCUT2D eigenvalue weighted by Crippen LogP contribution is -2.43. The highest BCUT2D eigenvalue weighted by Crippen LogP contribution is 2.26. The molecule has 100 valence electrons. The van der Waals surface area contributed by atoms with Gasteiger partial charge in [-0.1, -0.05) is 6.92 Å². The van der Waals surface area contributed by atoms with Crippen LogP contribution in [0.25, 0.3) is 0 Å². The van der Waals surface area contributed by atoms with Gasteiger partial charge in [-0.25, -0.2) is 9.97 Å². The van der Waals surface area contributed by atoms with E-state index >= 15 is 0 Å². The molecule has 1 aliphatic rings. The van der Waals surface area contributed by atoms with Crippen molar-refractivity contribution in [3.8, 4) is 0 Å². The molecule has 1 aromatic rings. The number of hydrogen-bond acceptors (Lipinski definition) is 5. The second kappa shape index (κ2) is 5.50. The van der Waals surface area contributed by atoms with Gasteiger partial charge in [0, 0.05) is 32.1 Å². The molecule has 2 heterocycles. The molecule has 18 heavy (non-hydrogen) atoms. The molecule has 0 bridgehead atoms. The molecule has 1 saturated heterocycles. The van der Waals surface area contributed by atoms with Crippen molar-refractivity contribution in [1.29, 1.82) is 0 Å². The molecule has 5 nitrogen and oxygen atoms in total. The van der Waals surface area contributed by atoms with Crippen molar-refractivity contribution in [1.82, 2.24) is 9.97 Å². The Morgan fingerprint density at radius 3 is 3.00 bits per heavy atom. The normalized spacial score (nSPS) is 27.4. The van der Waals surface area contributed by atoms with E-state index in [0.29, 0.717) is 19.6 Å². The van der Waals surface area contributed by atoms with Crippen LogP contribution in [0.1, 0.15) is 26.1 Å². The van der Waals surface area contributed by atoms with Gasteiger partial charge in [-0.15, -0.1) is 0 Å². The van der Waals surface area contributed by atoms with Crippen LogP contribution in [0.2, 0.25) is 0 Å². The van der Waals surface area contributed by atoms with Crippen molar-refractivity contribution in [2.75, 3.05) is 18.5 Å². The lowest BCUT2D eigenvalue weighted by Gasteiger charge is -2.26. The first-order valence-electron chi connectivity index (χ1n) is 6.15. The zero-order valence-corrected chi connectivity index (χ0v) is 12.2. The molecule has 2 rings (SSSR count). The Kier molecular flexibility index (Phi) is 4.19. The molecule has 2 unspecified atom stereocenters. The van der Waals surface area contributed by atoms with Crippen LogP contribution in [0, 0.1) is 0 Å². The third-order valence-electron chi connectivity index (χ3n) is 3.29. The maximum atomic E-state index is 10.4. The molecular weight excluding hydrogens is 298 g/mol. The molecular formula is C12H18BrN3O2. The number of nitrogens with zero attached hydrogens (tertiary/aromatic N) is 2. The second-order valence-corrected chi connectivity index (χ2v) is 5.38. The van der Waals surface area contributed by atoms with E-state index in [1.165, 1.54) is 0 Å². The Labute approximate surface area is 115 Å². The molecule has 1 aromatic heterocycles. The molecule has 0 aromatic carbocycles. The van der Waals surface area contributed by atoms with Crippen molar-refractivity contribution in [3.05, 3.63) is 16.5 Å². The maximum absolute atomic E-state index is 10.4. The monoisotopic (exact) mass is 315 g/mol. The average molecular weight is 316 g/mol. The van der Waals surface area contributed by atoms with E-state index in [1.54, 1.807) is 0 Å². The van der Waals surface area contributed by atoms with Gasteiger partial charge >= 0.3 is 0 Å². The molecule has 0 amide bonds. The predicted octanol–water partition coefficient (Wildman–Crippen LogP) is 1.75. The van der Waals surface area contributed by atoms with Crippen molar-refractivity contribution in [2.24, 2.45) is 0 Å². The SMILES string of the molecule is CCc1nc(Br)cc(NCC2(O)CCOC2C)n1. The summed E-state index contributed by atoms with van der Waals surface area (Å²) in [5, 5.41) is 13.5. The van der Waals surface area contributed by atoms with E-state index in [4.69, 9.17) is 4.74 Å². The van der Waals surface area contributed by atoms with Crippen LogP contribution in [0.15, 0.2) is 10.7 Å². The Balaban J connectivity index is 2.04. The highest BCUT2D eigenvalue weighted by atomic mass is 79.9. The maximum Gasteiger partial charge on any atom is 0.131 e. The van der Waals surface area contributed by atoms with E-state index in [0.717, 1.165) is 22.7 Å². The number of ether oxygens (including phenoxy) is 1. The number of aromatic nitrogens is 2. The van der Waals surface area contributed by atoms with Gasteiger partial charge < -0.3 is 15.2 Å². The Bertz CT molecular complexity index is 430. The van der Waals surface area contributed by atoms with E-state index in [9.17, 15) is 5.11 Å². The predicted molar refractivity (Wildman–Crippen MR) is 72.6 cm³/mol. The number of halogens is 1. The standard InChI is InChI=1S/C12H18BrN3O2/c1-3-10-15-9(13)6-11(16-10)14-7-12(17)4-5-18-8(12)2/h6,8,17H,3-5,7H2,1-2H3,(H,14,15,16). The quantitative estimate of drug-likeness (QED) is 0.829. The number of nitrogens with one attached hydrogen (secondary N) is 1. The molecule has 0 radical (unpaired) electrons. The van der Waals surface area contributed by atoms with Crippen molar-refractivity contribution in [3.63, 3.8) is 0 Å². The van der Waals surface area contributed by atoms with Crippen LogP contribution < -0.4 is 5.32 Å². The molecule has 2 N–H and O–H groups in total. The lowest BCUT2D eigenvalue weighted by atomic mass is 9.97. The number of aliphatic hydroxyl groups is 1. The minimum atomic E-state index is -0.816. The minimum Gasteiger partial charge on any atom is -0.385 e. The first-order valence-corrected chi connectivity index (χ1v) is 6.94. The second-order valence-electron chi connectivity index (χ2n) is 4.57. The van der Waals surface area contributed by atoms with Crippen LogP contribution in [0.5, 0.6) is 0 Å². The number of aryl methyl sites for hydroxylation is 1. The molecule has 2 atom stereocenters. The Morgan fingerprint density at radius 2 is 2.39 bits per heavy atom. The van der Waals surface area contributed by atoms with Crippen molar-refractivity contribution < 1.29 is 9.84 Å². The zero-order valence-electron chi connectivity index (χ0n) is 10.6. The molecule has 0 saturated carbocycles. The summed E-state index contributed by atoms with van der Waals surface area (Å²) in [5.41, 5.74) is -0.816. The van der Waals surface area contributed by atoms with Crippen molar-refractivity contribution >= 4 is 21.7 Å². The van der Waals surface area contributed by atoms with Gasteiger partial charge in [0.1, 0.15) is 21.8 Å². The fraction of sp³-hybridized carbons (Fsp3) is 0.667. The average Bonchev–Trinajstić information content (AvgIpc) is 2.67. The Hall–Kier alpha value is -0.720. The van der Waals surface area contributed by atoms with E-state index < -0.39 is 5.60 Å². The third kappa shape index (κ3) is 2.99. The Morgan fingerprint density at radius 1 is 1.61 bits per heavy atom. The highest BCUT2D eigenvalue weighted by Gasteiger charge is 2.39. The fourth-order valence-electron chi connectivity index (χ4n) is 1.96. The van der Waals surface area contributed by atoms with Gasteiger partial charge in [-0.05, 0) is 22.9 Å². The summed E-state index contributed by atoms with van der Waals surface area (Å²) >= 11 is 3.35. The summed E-state index contributed by atoms with van der Waals surface area (Å²) < 4.78 is 6.14. The third-order valence-corrected chi connectivity index (χ3v) is 3.70. The van der Waals surface area contributed by atoms with E-state index in [1.807, 2.05) is 19.9 Å². The van der Waals surface area contributed by atoms with Gasteiger partial charge in [0.25, 0.3) is 0 Å².